The number of non-ortho nitro benzene ring substituents is 1. The predicted molar refractivity (Wildman–Crippen MR) is 105 cm³/mol. The van der Waals surface area contributed by atoms with E-state index in [-0.39, 0.29) is 30.2 Å². The first-order chi connectivity index (χ1) is 12.5. The molecule has 0 atom stereocenters. The SMILES string of the molecule is Cc1ccc(C(=O)OC2CCN(Cc3ccc([N+](=O)[O-])cc3)CC2)cc1.Cl. The molecule has 1 fully saturated rings. The van der Waals surface area contributed by atoms with E-state index < -0.39 is 4.92 Å². The highest BCUT2D eigenvalue weighted by Gasteiger charge is 2.23. The summed E-state index contributed by atoms with van der Waals surface area (Å²) in [7, 11) is 0. The van der Waals surface area contributed by atoms with Gasteiger partial charge in [-0.25, -0.2) is 4.79 Å². The van der Waals surface area contributed by atoms with Crippen molar-refractivity contribution in [2.24, 2.45) is 0 Å². The van der Waals surface area contributed by atoms with Crippen LogP contribution >= 0.6 is 12.4 Å². The van der Waals surface area contributed by atoms with Gasteiger partial charge in [0.2, 0.25) is 0 Å². The number of aryl methyl sites for hydroxylation is 1. The maximum absolute atomic E-state index is 12.2. The zero-order chi connectivity index (χ0) is 18.5. The van der Waals surface area contributed by atoms with Crippen molar-refractivity contribution < 1.29 is 14.5 Å². The Morgan fingerprint density at radius 3 is 2.26 bits per heavy atom. The number of ether oxygens (including phenoxy) is 1. The van der Waals surface area contributed by atoms with Crippen molar-refractivity contribution in [2.45, 2.75) is 32.4 Å². The molecule has 6 nitrogen and oxygen atoms in total. The monoisotopic (exact) mass is 390 g/mol. The van der Waals surface area contributed by atoms with E-state index in [1.807, 2.05) is 19.1 Å². The zero-order valence-corrected chi connectivity index (χ0v) is 16.0. The predicted octanol–water partition coefficient (Wildman–Crippen LogP) is 4.15. The Kier molecular flexibility index (Phi) is 7.33. The molecule has 2 aromatic carbocycles. The molecule has 0 amide bonds. The fourth-order valence-electron chi connectivity index (χ4n) is 3.08. The molecule has 0 N–H and O–H groups in total. The van der Waals surface area contributed by atoms with Crippen LogP contribution in [0, 0.1) is 17.0 Å². The molecule has 1 aliphatic rings. The summed E-state index contributed by atoms with van der Waals surface area (Å²) in [6.07, 6.45) is 1.53. The summed E-state index contributed by atoms with van der Waals surface area (Å²) >= 11 is 0. The highest BCUT2D eigenvalue weighted by atomic mass is 35.5. The lowest BCUT2D eigenvalue weighted by atomic mass is 10.1. The molecule has 1 heterocycles. The van der Waals surface area contributed by atoms with Crippen molar-refractivity contribution in [1.82, 2.24) is 4.90 Å². The normalized spacial score (nSPS) is 15.0. The van der Waals surface area contributed by atoms with E-state index in [4.69, 9.17) is 4.74 Å². The fourth-order valence-corrected chi connectivity index (χ4v) is 3.08. The first-order valence-corrected chi connectivity index (χ1v) is 8.74. The average Bonchev–Trinajstić information content (AvgIpc) is 2.64. The van der Waals surface area contributed by atoms with Gasteiger partial charge in [-0.15, -0.1) is 12.4 Å². The van der Waals surface area contributed by atoms with Crippen LogP contribution in [0.2, 0.25) is 0 Å². The molecule has 2 aromatic rings. The van der Waals surface area contributed by atoms with Gasteiger partial charge in [0.1, 0.15) is 6.10 Å². The largest absolute Gasteiger partial charge is 0.459 e. The van der Waals surface area contributed by atoms with E-state index in [0.29, 0.717) is 5.56 Å². The van der Waals surface area contributed by atoms with Gasteiger partial charge < -0.3 is 4.74 Å². The molecule has 0 unspecified atom stereocenters. The minimum atomic E-state index is -0.391. The number of hydrogen-bond acceptors (Lipinski definition) is 5. The Labute approximate surface area is 164 Å². The van der Waals surface area contributed by atoms with E-state index in [1.54, 1.807) is 24.3 Å². The van der Waals surface area contributed by atoms with Crippen molar-refractivity contribution in [2.75, 3.05) is 13.1 Å². The lowest BCUT2D eigenvalue weighted by Gasteiger charge is -2.31. The van der Waals surface area contributed by atoms with Gasteiger partial charge >= 0.3 is 5.97 Å². The topological polar surface area (TPSA) is 72.7 Å². The van der Waals surface area contributed by atoms with Gasteiger partial charge in [0.05, 0.1) is 10.5 Å². The minimum Gasteiger partial charge on any atom is -0.459 e. The third kappa shape index (κ3) is 5.77. The Balaban J connectivity index is 0.00000261. The summed E-state index contributed by atoms with van der Waals surface area (Å²) in [6.45, 7) is 4.40. The Morgan fingerprint density at radius 2 is 1.70 bits per heavy atom. The number of nitro benzene ring substituents is 1. The standard InChI is InChI=1S/C20H22N2O4.ClH/c1-15-2-6-17(7-3-15)20(23)26-19-10-12-21(13-11-19)14-16-4-8-18(9-5-16)22(24)25;/h2-9,19H,10-14H2,1H3;1H. The quantitative estimate of drug-likeness (QED) is 0.435. The van der Waals surface area contributed by atoms with Gasteiger partial charge in [-0.3, -0.25) is 15.0 Å². The lowest BCUT2D eigenvalue weighted by Crippen LogP contribution is -2.37. The fraction of sp³-hybridized carbons (Fsp3) is 0.350. The third-order valence-corrected chi connectivity index (χ3v) is 4.65. The number of rotatable bonds is 5. The maximum atomic E-state index is 12.2. The van der Waals surface area contributed by atoms with Crippen LogP contribution in [0.25, 0.3) is 0 Å². The van der Waals surface area contributed by atoms with Crippen LogP contribution in [-0.4, -0.2) is 35.0 Å². The van der Waals surface area contributed by atoms with Crippen molar-refractivity contribution in [3.05, 3.63) is 75.3 Å². The van der Waals surface area contributed by atoms with Crippen LogP contribution in [-0.2, 0) is 11.3 Å². The number of nitrogens with zero attached hydrogens (tertiary/aromatic N) is 2. The summed E-state index contributed by atoms with van der Waals surface area (Å²) in [6, 6.07) is 14.1. The first-order valence-electron chi connectivity index (χ1n) is 8.74. The number of piperidine rings is 1. The highest BCUT2D eigenvalue weighted by molar-refractivity contribution is 5.89. The maximum Gasteiger partial charge on any atom is 0.338 e. The Morgan fingerprint density at radius 1 is 1.11 bits per heavy atom. The van der Waals surface area contributed by atoms with Crippen molar-refractivity contribution in [1.29, 1.82) is 0 Å². The number of hydrogen-bond donors (Lipinski definition) is 0. The van der Waals surface area contributed by atoms with Crippen LogP contribution < -0.4 is 0 Å². The van der Waals surface area contributed by atoms with Gasteiger partial charge in [0.15, 0.2) is 0 Å². The molecule has 1 aliphatic heterocycles. The lowest BCUT2D eigenvalue weighted by molar-refractivity contribution is -0.384. The Bertz CT molecular complexity index is 770. The van der Waals surface area contributed by atoms with Gasteiger partial charge in [-0.05, 0) is 37.5 Å². The number of benzene rings is 2. The minimum absolute atomic E-state index is 0. The van der Waals surface area contributed by atoms with E-state index in [0.717, 1.165) is 43.6 Å². The zero-order valence-electron chi connectivity index (χ0n) is 15.2. The molecular weight excluding hydrogens is 368 g/mol. The number of carbonyl (C=O) groups is 1. The van der Waals surface area contributed by atoms with Gasteiger partial charge in [0.25, 0.3) is 5.69 Å². The van der Waals surface area contributed by atoms with Gasteiger partial charge in [-0.1, -0.05) is 29.8 Å². The smallest absolute Gasteiger partial charge is 0.338 e. The third-order valence-electron chi connectivity index (χ3n) is 4.65. The first kappa shape index (κ1) is 20.9. The van der Waals surface area contributed by atoms with Crippen molar-refractivity contribution in [3.63, 3.8) is 0 Å². The molecule has 0 bridgehead atoms. The van der Waals surface area contributed by atoms with Crippen molar-refractivity contribution in [3.8, 4) is 0 Å². The van der Waals surface area contributed by atoms with Crippen molar-refractivity contribution >= 4 is 24.1 Å². The number of carbonyl (C=O) groups excluding carboxylic acids is 1. The Hall–Kier alpha value is -2.44. The second-order valence-electron chi connectivity index (χ2n) is 6.67. The summed E-state index contributed by atoms with van der Waals surface area (Å²) in [5, 5.41) is 10.7. The number of likely N-dealkylation sites (tertiary alicyclic amines) is 1. The second-order valence-corrected chi connectivity index (χ2v) is 6.67. The molecule has 27 heavy (non-hydrogen) atoms. The van der Waals surface area contributed by atoms with Gasteiger partial charge in [-0.2, -0.15) is 0 Å². The van der Waals surface area contributed by atoms with Crippen LogP contribution in [0.3, 0.4) is 0 Å². The van der Waals surface area contributed by atoms with Crippen LogP contribution in [0.1, 0.15) is 34.3 Å². The van der Waals surface area contributed by atoms with Crippen LogP contribution in [0.5, 0.6) is 0 Å². The highest BCUT2D eigenvalue weighted by Crippen LogP contribution is 2.19. The molecule has 0 aromatic heterocycles. The molecule has 1 saturated heterocycles. The molecule has 0 saturated carbocycles. The van der Waals surface area contributed by atoms with E-state index in [2.05, 4.69) is 4.90 Å². The summed E-state index contributed by atoms with van der Waals surface area (Å²) in [5.41, 5.74) is 2.85. The van der Waals surface area contributed by atoms with Gasteiger partial charge in [0, 0.05) is 31.8 Å². The molecule has 7 heteroatoms. The van der Waals surface area contributed by atoms with E-state index >= 15 is 0 Å². The number of halogens is 1. The second kappa shape index (κ2) is 9.48. The van der Waals surface area contributed by atoms with Crippen LogP contribution in [0.15, 0.2) is 48.5 Å². The molecular formula is C20H23ClN2O4. The summed E-state index contributed by atoms with van der Waals surface area (Å²) < 4.78 is 5.62. The molecule has 144 valence electrons. The van der Waals surface area contributed by atoms with E-state index in [9.17, 15) is 14.9 Å². The average molecular weight is 391 g/mol. The van der Waals surface area contributed by atoms with Crippen LogP contribution in [0.4, 0.5) is 5.69 Å². The molecule has 0 aliphatic carbocycles. The molecule has 3 rings (SSSR count). The molecule has 0 spiro atoms. The number of nitro groups is 1. The summed E-state index contributed by atoms with van der Waals surface area (Å²) in [4.78, 5) is 24.8. The molecule has 0 radical (unpaired) electrons. The number of esters is 1. The summed E-state index contributed by atoms with van der Waals surface area (Å²) in [5.74, 6) is -0.265. The van der Waals surface area contributed by atoms with E-state index in [1.165, 1.54) is 12.1 Å².